The van der Waals surface area contributed by atoms with Crippen LogP contribution in [-0.2, 0) is 9.59 Å². The largest absolute Gasteiger partial charge is 0.367 e. The van der Waals surface area contributed by atoms with E-state index >= 15 is 0 Å². The van der Waals surface area contributed by atoms with Crippen LogP contribution in [0.1, 0.15) is 55.8 Å². The third-order valence-electron chi connectivity index (χ3n) is 4.87. The number of amides is 3. The average Bonchev–Trinajstić information content (AvgIpc) is 2.95. The molecule has 1 aromatic heterocycles. The van der Waals surface area contributed by atoms with Crippen molar-refractivity contribution >= 4 is 23.5 Å². The lowest BCUT2D eigenvalue weighted by Gasteiger charge is -2.34. The maximum Gasteiger partial charge on any atom is 0.252 e. The fourth-order valence-corrected chi connectivity index (χ4v) is 3.56. The Balaban J connectivity index is 1.51. The summed E-state index contributed by atoms with van der Waals surface area (Å²) in [6.07, 6.45) is 5.72. The lowest BCUT2D eigenvalue weighted by atomic mass is 9.90. The number of nitrogens with zero attached hydrogens (tertiary/aromatic N) is 2. The molecule has 0 aromatic carbocycles. The summed E-state index contributed by atoms with van der Waals surface area (Å²) in [5.74, 6) is 0.569. The number of rotatable bonds is 5. The molecular formula is C18H24N4O3. The molecule has 2 N–H and O–H groups in total. The van der Waals surface area contributed by atoms with Gasteiger partial charge in [-0.15, -0.1) is 0 Å². The van der Waals surface area contributed by atoms with Crippen molar-refractivity contribution in [1.29, 1.82) is 0 Å². The minimum Gasteiger partial charge on any atom is -0.367 e. The Labute approximate surface area is 147 Å². The highest BCUT2D eigenvalue weighted by molar-refractivity contribution is 6.02. The SMILES string of the molecule is CCNC(=O)c1ccc(NC2CCC(N3C(=O)CCC3=O)CC2)nc1. The van der Waals surface area contributed by atoms with E-state index in [9.17, 15) is 14.4 Å². The Morgan fingerprint density at radius 3 is 2.40 bits per heavy atom. The lowest BCUT2D eigenvalue weighted by Crippen LogP contribution is -2.43. The van der Waals surface area contributed by atoms with Crippen molar-refractivity contribution in [2.45, 2.75) is 57.5 Å². The smallest absolute Gasteiger partial charge is 0.252 e. The zero-order valence-corrected chi connectivity index (χ0v) is 14.5. The predicted octanol–water partition coefficient (Wildman–Crippen LogP) is 1.70. The Bertz CT molecular complexity index is 635. The molecule has 0 spiro atoms. The lowest BCUT2D eigenvalue weighted by molar-refractivity contribution is -0.141. The molecule has 0 radical (unpaired) electrons. The molecule has 7 nitrogen and oxygen atoms in total. The van der Waals surface area contributed by atoms with Gasteiger partial charge in [-0.2, -0.15) is 0 Å². The normalized spacial score (nSPS) is 23.6. The van der Waals surface area contributed by atoms with Gasteiger partial charge in [0.15, 0.2) is 0 Å². The van der Waals surface area contributed by atoms with E-state index in [1.807, 2.05) is 13.0 Å². The van der Waals surface area contributed by atoms with Crippen molar-refractivity contribution in [3.05, 3.63) is 23.9 Å². The van der Waals surface area contributed by atoms with Crippen LogP contribution in [0.3, 0.4) is 0 Å². The molecule has 2 heterocycles. The zero-order valence-electron chi connectivity index (χ0n) is 14.5. The number of hydrogen-bond acceptors (Lipinski definition) is 5. The van der Waals surface area contributed by atoms with Crippen LogP contribution >= 0.6 is 0 Å². The van der Waals surface area contributed by atoms with Crippen LogP contribution < -0.4 is 10.6 Å². The van der Waals surface area contributed by atoms with E-state index in [0.29, 0.717) is 24.9 Å². The summed E-state index contributed by atoms with van der Waals surface area (Å²) in [6, 6.07) is 3.89. The molecule has 1 saturated carbocycles. The molecule has 1 aliphatic carbocycles. The summed E-state index contributed by atoms with van der Waals surface area (Å²) in [5, 5.41) is 6.12. The summed E-state index contributed by atoms with van der Waals surface area (Å²) in [7, 11) is 0. The highest BCUT2D eigenvalue weighted by Gasteiger charge is 2.36. The molecule has 25 heavy (non-hydrogen) atoms. The van der Waals surface area contributed by atoms with Gasteiger partial charge >= 0.3 is 0 Å². The molecule has 0 atom stereocenters. The van der Waals surface area contributed by atoms with Crippen molar-refractivity contribution < 1.29 is 14.4 Å². The van der Waals surface area contributed by atoms with Gasteiger partial charge in [0.2, 0.25) is 11.8 Å². The van der Waals surface area contributed by atoms with Gasteiger partial charge < -0.3 is 10.6 Å². The molecule has 1 aromatic rings. The van der Waals surface area contributed by atoms with Crippen LogP contribution in [0.15, 0.2) is 18.3 Å². The second-order valence-corrected chi connectivity index (χ2v) is 6.60. The van der Waals surface area contributed by atoms with Gasteiger partial charge in [0, 0.05) is 37.7 Å². The molecule has 3 amide bonds. The maximum absolute atomic E-state index is 11.8. The predicted molar refractivity (Wildman–Crippen MR) is 93.0 cm³/mol. The Kier molecular flexibility index (Phi) is 5.31. The molecule has 1 aliphatic heterocycles. The third kappa shape index (κ3) is 3.97. The quantitative estimate of drug-likeness (QED) is 0.794. The summed E-state index contributed by atoms with van der Waals surface area (Å²) in [4.78, 5) is 41.2. The maximum atomic E-state index is 11.8. The Morgan fingerprint density at radius 1 is 1.16 bits per heavy atom. The second kappa shape index (κ2) is 7.63. The molecule has 0 bridgehead atoms. The van der Waals surface area contributed by atoms with Crippen LogP contribution in [0, 0.1) is 0 Å². The van der Waals surface area contributed by atoms with Crippen LogP contribution in [0.4, 0.5) is 5.82 Å². The first kappa shape index (κ1) is 17.4. The number of aromatic nitrogens is 1. The van der Waals surface area contributed by atoms with E-state index in [0.717, 1.165) is 31.5 Å². The molecule has 134 valence electrons. The van der Waals surface area contributed by atoms with Gasteiger partial charge in [-0.05, 0) is 44.7 Å². The van der Waals surface area contributed by atoms with Gasteiger partial charge in [-0.3, -0.25) is 19.3 Å². The van der Waals surface area contributed by atoms with Crippen molar-refractivity contribution in [1.82, 2.24) is 15.2 Å². The minimum atomic E-state index is -0.123. The monoisotopic (exact) mass is 344 g/mol. The van der Waals surface area contributed by atoms with Gasteiger partial charge in [0.25, 0.3) is 5.91 Å². The molecule has 7 heteroatoms. The van der Waals surface area contributed by atoms with Crippen molar-refractivity contribution in [3.63, 3.8) is 0 Å². The molecule has 2 fully saturated rings. The van der Waals surface area contributed by atoms with Gasteiger partial charge in [0.1, 0.15) is 5.82 Å². The topological polar surface area (TPSA) is 91.4 Å². The first-order valence-corrected chi connectivity index (χ1v) is 8.94. The first-order valence-electron chi connectivity index (χ1n) is 8.94. The number of carbonyl (C=O) groups is 3. The Hall–Kier alpha value is -2.44. The molecular weight excluding hydrogens is 320 g/mol. The number of hydrogen-bond donors (Lipinski definition) is 2. The van der Waals surface area contributed by atoms with E-state index in [1.165, 1.54) is 4.90 Å². The molecule has 2 aliphatic rings. The zero-order chi connectivity index (χ0) is 17.8. The summed E-state index contributed by atoms with van der Waals surface area (Å²) >= 11 is 0. The van der Waals surface area contributed by atoms with Crippen LogP contribution in [0.5, 0.6) is 0 Å². The van der Waals surface area contributed by atoms with Crippen LogP contribution in [-0.4, -0.2) is 46.2 Å². The average molecular weight is 344 g/mol. The standard InChI is InChI=1S/C18H24N4O3/c1-2-19-18(25)12-3-8-15(20-11-12)21-13-4-6-14(7-5-13)22-16(23)9-10-17(22)24/h3,8,11,13-14H,2,4-7,9-10H2,1H3,(H,19,25)(H,20,21). The van der Waals surface area contributed by atoms with Gasteiger partial charge in [-0.1, -0.05) is 0 Å². The van der Waals surface area contributed by atoms with Gasteiger partial charge in [-0.25, -0.2) is 4.98 Å². The van der Waals surface area contributed by atoms with Gasteiger partial charge in [0.05, 0.1) is 5.56 Å². The van der Waals surface area contributed by atoms with Crippen molar-refractivity contribution in [3.8, 4) is 0 Å². The number of likely N-dealkylation sites (tertiary alicyclic amines) is 1. The summed E-state index contributed by atoms with van der Waals surface area (Å²) < 4.78 is 0. The number of pyridine rings is 1. The van der Waals surface area contributed by atoms with Crippen molar-refractivity contribution in [2.75, 3.05) is 11.9 Å². The fraction of sp³-hybridized carbons (Fsp3) is 0.556. The third-order valence-corrected chi connectivity index (χ3v) is 4.87. The molecule has 1 saturated heterocycles. The van der Waals surface area contributed by atoms with Crippen LogP contribution in [0.25, 0.3) is 0 Å². The highest BCUT2D eigenvalue weighted by Crippen LogP contribution is 2.28. The minimum absolute atomic E-state index is 0.0241. The van der Waals surface area contributed by atoms with E-state index in [2.05, 4.69) is 15.6 Å². The summed E-state index contributed by atoms with van der Waals surface area (Å²) in [5.41, 5.74) is 0.544. The van der Waals surface area contributed by atoms with E-state index < -0.39 is 0 Å². The number of imide groups is 1. The summed E-state index contributed by atoms with van der Waals surface area (Å²) in [6.45, 7) is 2.46. The Morgan fingerprint density at radius 2 is 1.84 bits per heavy atom. The molecule has 0 unspecified atom stereocenters. The second-order valence-electron chi connectivity index (χ2n) is 6.60. The number of nitrogens with one attached hydrogen (secondary N) is 2. The number of carbonyl (C=O) groups excluding carboxylic acids is 3. The number of anilines is 1. The highest BCUT2D eigenvalue weighted by atomic mass is 16.2. The van der Waals surface area contributed by atoms with E-state index in [4.69, 9.17) is 0 Å². The van der Waals surface area contributed by atoms with Crippen LogP contribution in [0.2, 0.25) is 0 Å². The van der Waals surface area contributed by atoms with E-state index in [1.54, 1.807) is 12.3 Å². The first-order chi connectivity index (χ1) is 12.1. The molecule has 3 rings (SSSR count). The van der Waals surface area contributed by atoms with E-state index in [-0.39, 0.29) is 29.8 Å². The van der Waals surface area contributed by atoms with Crippen molar-refractivity contribution in [2.24, 2.45) is 0 Å². The fourth-order valence-electron chi connectivity index (χ4n) is 3.56.